The van der Waals surface area contributed by atoms with Crippen LogP contribution in [0.25, 0.3) is 17.1 Å². The third kappa shape index (κ3) is 4.08. The summed E-state index contributed by atoms with van der Waals surface area (Å²) in [6.07, 6.45) is 1.47. The molecule has 3 aromatic rings. The van der Waals surface area contributed by atoms with Gasteiger partial charge in [-0.05, 0) is 38.8 Å². The van der Waals surface area contributed by atoms with Crippen LogP contribution >= 0.6 is 0 Å². The Hall–Kier alpha value is -3.48. The lowest BCUT2D eigenvalue weighted by Gasteiger charge is -2.28. The summed E-state index contributed by atoms with van der Waals surface area (Å²) in [6.45, 7) is 5.71. The van der Waals surface area contributed by atoms with Crippen LogP contribution in [-0.4, -0.2) is 62.1 Å². The van der Waals surface area contributed by atoms with E-state index >= 15 is 0 Å². The molecule has 7 nitrogen and oxygen atoms in total. The molecule has 4 rings (SSSR count). The van der Waals surface area contributed by atoms with E-state index in [1.807, 2.05) is 74.5 Å². The largest absolute Gasteiger partial charge is 0.341 e. The number of carbonyl (C=O) groups excluding carboxylic acids is 2. The molecule has 1 aromatic heterocycles. The average molecular weight is 418 g/mol. The van der Waals surface area contributed by atoms with Gasteiger partial charge >= 0.3 is 0 Å². The minimum atomic E-state index is -0.448. The SMILES string of the molecule is CCN(CC)C(=O)C1CCCN1C(=O)c1nc(-c2ccccc2)n(-c2ccccc2)n1. The van der Waals surface area contributed by atoms with E-state index in [0.717, 1.165) is 17.7 Å². The van der Waals surface area contributed by atoms with Gasteiger partial charge in [-0.2, -0.15) is 0 Å². The Labute approximate surface area is 182 Å². The minimum Gasteiger partial charge on any atom is -0.341 e. The highest BCUT2D eigenvalue weighted by Crippen LogP contribution is 2.25. The molecule has 1 aliphatic heterocycles. The van der Waals surface area contributed by atoms with Gasteiger partial charge < -0.3 is 9.80 Å². The van der Waals surface area contributed by atoms with Gasteiger partial charge in [0.15, 0.2) is 5.82 Å². The second kappa shape index (κ2) is 9.12. The molecule has 160 valence electrons. The molecule has 2 amide bonds. The molecular weight excluding hydrogens is 390 g/mol. The van der Waals surface area contributed by atoms with Crippen molar-refractivity contribution in [1.82, 2.24) is 24.6 Å². The molecule has 2 aromatic carbocycles. The van der Waals surface area contributed by atoms with Crippen LogP contribution in [0, 0.1) is 0 Å². The highest BCUT2D eigenvalue weighted by molar-refractivity contribution is 5.95. The summed E-state index contributed by atoms with van der Waals surface area (Å²) < 4.78 is 1.69. The van der Waals surface area contributed by atoms with Gasteiger partial charge in [-0.3, -0.25) is 9.59 Å². The van der Waals surface area contributed by atoms with Crippen LogP contribution in [0.3, 0.4) is 0 Å². The highest BCUT2D eigenvalue weighted by Gasteiger charge is 2.38. The predicted octanol–water partition coefficient (Wildman–Crippen LogP) is 3.41. The maximum atomic E-state index is 13.4. The number of carbonyl (C=O) groups is 2. The van der Waals surface area contributed by atoms with Gasteiger partial charge in [0.1, 0.15) is 6.04 Å². The summed E-state index contributed by atoms with van der Waals surface area (Å²) in [5.41, 5.74) is 1.69. The zero-order chi connectivity index (χ0) is 21.8. The lowest BCUT2D eigenvalue weighted by molar-refractivity contribution is -0.134. The Morgan fingerprint density at radius 3 is 2.29 bits per heavy atom. The molecule has 1 aliphatic rings. The number of benzene rings is 2. The van der Waals surface area contributed by atoms with E-state index in [-0.39, 0.29) is 17.6 Å². The van der Waals surface area contributed by atoms with Crippen molar-refractivity contribution < 1.29 is 9.59 Å². The van der Waals surface area contributed by atoms with Crippen molar-refractivity contribution in [1.29, 1.82) is 0 Å². The first kappa shape index (κ1) is 20.8. The van der Waals surface area contributed by atoms with Crippen LogP contribution in [0.5, 0.6) is 0 Å². The number of hydrogen-bond acceptors (Lipinski definition) is 4. The van der Waals surface area contributed by atoms with Crippen LogP contribution in [0.1, 0.15) is 37.3 Å². The quantitative estimate of drug-likeness (QED) is 0.616. The van der Waals surface area contributed by atoms with Crippen LogP contribution in [-0.2, 0) is 4.79 Å². The number of rotatable bonds is 6. The van der Waals surface area contributed by atoms with Crippen molar-refractivity contribution in [2.75, 3.05) is 19.6 Å². The zero-order valence-corrected chi connectivity index (χ0v) is 17.9. The molecule has 0 N–H and O–H groups in total. The van der Waals surface area contributed by atoms with Crippen molar-refractivity contribution in [3.05, 3.63) is 66.5 Å². The topological polar surface area (TPSA) is 71.3 Å². The first-order chi connectivity index (χ1) is 15.1. The molecular formula is C24H27N5O2. The summed E-state index contributed by atoms with van der Waals surface area (Å²) in [5, 5.41) is 4.57. The summed E-state index contributed by atoms with van der Waals surface area (Å²) in [4.78, 5) is 34.4. The summed E-state index contributed by atoms with van der Waals surface area (Å²) in [6, 6.07) is 18.9. The number of likely N-dealkylation sites (N-methyl/N-ethyl adjacent to an activating group) is 1. The van der Waals surface area contributed by atoms with Gasteiger partial charge in [-0.25, -0.2) is 9.67 Å². The monoisotopic (exact) mass is 417 g/mol. The fourth-order valence-corrected chi connectivity index (χ4v) is 4.07. The lowest BCUT2D eigenvalue weighted by Crippen LogP contribution is -2.48. The maximum absolute atomic E-state index is 13.4. The Balaban J connectivity index is 1.70. The zero-order valence-electron chi connectivity index (χ0n) is 17.9. The molecule has 0 spiro atoms. The molecule has 1 atom stereocenters. The second-order valence-corrected chi connectivity index (χ2v) is 7.54. The third-order valence-corrected chi connectivity index (χ3v) is 5.71. The van der Waals surface area contributed by atoms with E-state index in [1.165, 1.54) is 0 Å². The maximum Gasteiger partial charge on any atom is 0.294 e. The van der Waals surface area contributed by atoms with Crippen LogP contribution in [0.15, 0.2) is 60.7 Å². The Morgan fingerprint density at radius 2 is 1.65 bits per heavy atom. The van der Waals surface area contributed by atoms with E-state index in [4.69, 9.17) is 0 Å². The van der Waals surface area contributed by atoms with Crippen molar-refractivity contribution in [3.63, 3.8) is 0 Å². The molecule has 2 heterocycles. The first-order valence-electron chi connectivity index (χ1n) is 10.8. The third-order valence-electron chi connectivity index (χ3n) is 5.71. The molecule has 0 bridgehead atoms. The van der Waals surface area contributed by atoms with Gasteiger partial charge in [0.2, 0.25) is 11.7 Å². The van der Waals surface area contributed by atoms with Crippen molar-refractivity contribution in [3.8, 4) is 17.1 Å². The Kier molecular flexibility index (Phi) is 6.11. The first-order valence-corrected chi connectivity index (χ1v) is 10.8. The fraction of sp³-hybridized carbons (Fsp3) is 0.333. The van der Waals surface area contributed by atoms with E-state index in [2.05, 4.69) is 10.1 Å². The van der Waals surface area contributed by atoms with Gasteiger partial charge in [-0.1, -0.05) is 48.5 Å². The van der Waals surface area contributed by atoms with Crippen molar-refractivity contribution in [2.24, 2.45) is 0 Å². The van der Waals surface area contributed by atoms with Crippen LogP contribution in [0.4, 0.5) is 0 Å². The molecule has 31 heavy (non-hydrogen) atoms. The molecule has 1 saturated heterocycles. The van der Waals surface area contributed by atoms with E-state index in [1.54, 1.807) is 14.5 Å². The van der Waals surface area contributed by atoms with Crippen molar-refractivity contribution in [2.45, 2.75) is 32.7 Å². The van der Waals surface area contributed by atoms with Crippen LogP contribution in [0.2, 0.25) is 0 Å². The average Bonchev–Trinajstić information content (AvgIpc) is 3.48. The van der Waals surface area contributed by atoms with E-state index in [0.29, 0.717) is 31.9 Å². The predicted molar refractivity (Wildman–Crippen MR) is 119 cm³/mol. The number of nitrogens with zero attached hydrogens (tertiary/aromatic N) is 5. The van der Waals surface area contributed by atoms with Gasteiger partial charge in [-0.15, -0.1) is 5.10 Å². The van der Waals surface area contributed by atoms with Crippen LogP contribution < -0.4 is 0 Å². The van der Waals surface area contributed by atoms with E-state index in [9.17, 15) is 9.59 Å². The summed E-state index contributed by atoms with van der Waals surface area (Å²) >= 11 is 0. The number of aromatic nitrogens is 3. The van der Waals surface area contributed by atoms with Gasteiger partial charge in [0, 0.05) is 25.2 Å². The molecule has 1 unspecified atom stereocenters. The Bertz CT molecular complexity index is 987. The molecule has 0 aliphatic carbocycles. The smallest absolute Gasteiger partial charge is 0.294 e. The van der Waals surface area contributed by atoms with E-state index < -0.39 is 6.04 Å². The normalized spacial score (nSPS) is 15.8. The summed E-state index contributed by atoms with van der Waals surface area (Å²) in [7, 11) is 0. The minimum absolute atomic E-state index is 0.00150. The Morgan fingerprint density at radius 1 is 1.00 bits per heavy atom. The van der Waals surface area contributed by atoms with Gasteiger partial charge in [0.05, 0.1) is 5.69 Å². The molecule has 0 radical (unpaired) electrons. The number of hydrogen-bond donors (Lipinski definition) is 0. The number of likely N-dealkylation sites (tertiary alicyclic amines) is 1. The molecule has 1 fully saturated rings. The molecule has 7 heteroatoms. The molecule has 0 saturated carbocycles. The number of para-hydroxylation sites is 1. The number of amides is 2. The lowest BCUT2D eigenvalue weighted by atomic mass is 10.2. The fourth-order valence-electron chi connectivity index (χ4n) is 4.07. The van der Waals surface area contributed by atoms with Crippen molar-refractivity contribution >= 4 is 11.8 Å². The standard InChI is InChI=1S/C24H27N5O2/c1-3-27(4-2)23(30)20-16-11-17-28(20)24(31)21-25-22(18-12-7-5-8-13-18)29(26-21)19-14-9-6-10-15-19/h5-10,12-15,20H,3-4,11,16-17H2,1-2H3. The highest BCUT2D eigenvalue weighted by atomic mass is 16.2. The second-order valence-electron chi connectivity index (χ2n) is 7.54. The van der Waals surface area contributed by atoms with Gasteiger partial charge in [0.25, 0.3) is 5.91 Å². The summed E-state index contributed by atoms with van der Waals surface area (Å²) in [5.74, 6) is 0.416.